The third-order valence-electron chi connectivity index (χ3n) is 3.46. The molecule has 142 valence electrons. The summed E-state index contributed by atoms with van der Waals surface area (Å²) >= 11 is 3.25. The number of hydrogen-bond acceptors (Lipinski definition) is 7. The molecule has 0 radical (unpaired) electrons. The molecule has 1 N–H and O–H groups in total. The average molecular weight is 444 g/mol. The van der Waals surface area contributed by atoms with Crippen molar-refractivity contribution in [2.45, 2.75) is 0 Å². The van der Waals surface area contributed by atoms with E-state index in [-0.39, 0.29) is 11.5 Å². The first kappa shape index (κ1) is 19.3. The first-order valence-corrected chi connectivity index (χ1v) is 8.74. The molecule has 3 rings (SSSR count). The number of nitrogens with one attached hydrogen (secondary N) is 1. The summed E-state index contributed by atoms with van der Waals surface area (Å²) in [5.41, 5.74) is 3.40. The maximum absolute atomic E-state index is 12.0. The molecule has 2 heterocycles. The van der Waals surface area contributed by atoms with Gasteiger partial charge in [0.05, 0.1) is 25.2 Å². The number of carbonyl (C=O) groups excluding carboxylic acids is 2. The summed E-state index contributed by atoms with van der Waals surface area (Å²) < 4.78 is 16.2. The Morgan fingerprint density at radius 2 is 2.07 bits per heavy atom. The first-order valence-electron chi connectivity index (χ1n) is 7.94. The molecule has 1 aromatic carbocycles. The van der Waals surface area contributed by atoms with Crippen LogP contribution >= 0.6 is 15.9 Å². The van der Waals surface area contributed by atoms with Gasteiger partial charge in [0.2, 0.25) is 5.76 Å². The van der Waals surface area contributed by atoms with Crippen molar-refractivity contribution in [3.63, 3.8) is 0 Å². The topological polar surface area (TPSA) is 103 Å². The molecule has 8 nitrogen and oxygen atoms in total. The van der Waals surface area contributed by atoms with E-state index < -0.39 is 11.9 Å². The van der Waals surface area contributed by atoms with E-state index in [1.54, 1.807) is 36.5 Å². The van der Waals surface area contributed by atoms with Gasteiger partial charge in [-0.1, -0.05) is 0 Å². The van der Waals surface area contributed by atoms with Crippen molar-refractivity contribution >= 4 is 34.0 Å². The van der Waals surface area contributed by atoms with Gasteiger partial charge in [-0.05, 0) is 57.9 Å². The SMILES string of the molecule is COc1cc(/C=N/NC(=O)c2cncc(Br)c2)ccc1OC(=O)c1ccco1. The third-order valence-corrected chi connectivity index (χ3v) is 3.89. The van der Waals surface area contributed by atoms with Crippen LogP contribution in [0.5, 0.6) is 11.5 Å². The Labute approximate surface area is 168 Å². The van der Waals surface area contributed by atoms with E-state index in [0.717, 1.165) is 0 Å². The highest BCUT2D eigenvalue weighted by molar-refractivity contribution is 9.10. The number of pyridine rings is 1. The Morgan fingerprint density at radius 1 is 1.21 bits per heavy atom. The minimum Gasteiger partial charge on any atom is -0.493 e. The highest BCUT2D eigenvalue weighted by Gasteiger charge is 2.15. The molecule has 0 fully saturated rings. The molecule has 28 heavy (non-hydrogen) atoms. The molecule has 0 bridgehead atoms. The number of hydrogen-bond donors (Lipinski definition) is 1. The highest BCUT2D eigenvalue weighted by atomic mass is 79.9. The minimum atomic E-state index is -0.639. The molecule has 2 aromatic heterocycles. The monoisotopic (exact) mass is 443 g/mol. The molecule has 0 unspecified atom stereocenters. The smallest absolute Gasteiger partial charge is 0.379 e. The zero-order chi connectivity index (χ0) is 19.9. The van der Waals surface area contributed by atoms with E-state index in [9.17, 15) is 9.59 Å². The lowest BCUT2D eigenvalue weighted by Gasteiger charge is -2.09. The number of nitrogens with zero attached hydrogens (tertiary/aromatic N) is 2. The van der Waals surface area contributed by atoms with E-state index in [1.165, 1.54) is 31.9 Å². The fraction of sp³-hybridized carbons (Fsp3) is 0.0526. The largest absolute Gasteiger partial charge is 0.493 e. The lowest BCUT2D eigenvalue weighted by molar-refractivity contribution is 0.0696. The molecule has 1 amide bonds. The number of methoxy groups -OCH3 is 1. The van der Waals surface area contributed by atoms with E-state index in [0.29, 0.717) is 21.3 Å². The quantitative estimate of drug-likeness (QED) is 0.271. The van der Waals surface area contributed by atoms with Crippen molar-refractivity contribution < 1.29 is 23.5 Å². The zero-order valence-corrected chi connectivity index (χ0v) is 16.2. The Bertz CT molecular complexity index is 1020. The second-order valence-electron chi connectivity index (χ2n) is 5.37. The van der Waals surface area contributed by atoms with E-state index in [4.69, 9.17) is 13.9 Å². The summed E-state index contributed by atoms with van der Waals surface area (Å²) in [6.45, 7) is 0. The van der Waals surface area contributed by atoms with Crippen molar-refractivity contribution in [2.75, 3.05) is 7.11 Å². The van der Waals surface area contributed by atoms with Crippen molar-refractivity contribution in [3.8, 4) is 11.5 Å². The number of ether oxygens (including phenoxy) is 2. The highest BCUT2D eigenvalue weighted by Crippen LogP contribution is 2.28. The predicted octanol–water partition coefficient (Wildman–Crippen LogP) is 3.43. The minimum absolute atomic E-state index is 0.0810. The van der Waals surface area contributed by atoms with Crippen molar-refractivity contribution in [1.82, 2.24) is 10.4 Å². The number of esters is 1. The van der Waals surface area contributed by atoms with Gasteiger partial charge in [0, 0.05) is 16.9 Å². The Kier molecular flexibility index (Phi) is 6.18. The Hall–Kier alpha value is -3.46. The van der Waals surface area contributed by atoms with Crippen LogP contribution in [-0.2, 0) is 0 Å². The molecular weight excluding hydrogens is 430 g/mol. The summed E-state index contributed by atoms with van der Waals surface area (Å²) in [5, 5.41) is 3.91. The van der Waals surface area contributed by atoms with Gasteiger partial charge >= 0.3 is 5.97 Å². The van der Waals surface area contributed by atoms with Gasteiger partial charge in [0.25, 0.3) is 5.91 Å². The fourth-order valence-corrected chi connectivity index (χ4v) is 2.52. The number of aromatic nitrogens is 1. The summed E-state index contributed by atoms with van der Waals surface area (Å²) in [5.74, 6) is -0.408. The van der Waals surface area contributed by atoms with Gasteiger partial charge in [-0.15, -0.1) is 0 Å². The van der Waals surface area contributed by atoms with Crippen LogP contribution in [0.3, 0.4) is 0 Å². The predicted molar refractivity (Wildman–Crippen MR) is 104 cm³/mol. The molecular formula is C19H14BrN3O5. The lowest BCUT2D eigenvalue weighted by Crippen LogP contribution is -2.17. The zero-order valence-electron chi connectivity index (χ0n) is 14.6. The Morgan fingerprint density at radius 3 is 2.79 bits per heavy atom. The first-order chi connectivity index (χ1) is 13.6. The molecule has 0 aliphatic rings. The van der Waals surface area contributed by atoms with E-state index >= 15 is 0 Å². The average Bonchev–Trinajstić information content (AvgIpc) is 3.24. The van der Waals surface area contributed by atoms with Crippen LogP contribution in [0.25, 0.3) is 0 Å². The summed E-state index contributed by atoms with van der Waals surface area (Å²) in [6.07, 6.45) is 5.82. The molecule has 0 aliphatic carbocycles. The maximum Gasteiger partial charge on any atom is 0.379 e. The molecule has 0 saturated carbocycles. The van der Waals surface area contributed by atoms with Gasteiger partial charge in [-0.25, -0.2) is 10.2 Å². The van der Waals surface area contributed by atoms with Crippen LogP contribution in [0, 0.1) is 0 Å². The van der Waals surface area contributed by atoms with Gasteiger partial charge < -0.3 is 13.9 Å². The van der Waals surface area contributed by atoms with Gasteiger partial charge in [-0.2, -0.15) is 5.10 Å². The number of hydrazone groups is 1. The van der Waals surface area contributed by atoms with E-state index in [2.05, 4.69) is 31.4 Å². The van der Waals surface area contributed by atoms with Crippen molar-refractivity contribution in [3.05, 3.63) is 76.4 Å². The number of furan rings is 1. The van der Waals surface area contributed by atoms with E-state index in [1.807, 2.05) is 0 Å². The molecule has 0 saturated heterocycles. The molecule has 0 aliphatic heterocycles. The summed E-state index contributed by atoms with van der Waals surface area (Å²) in [6, 6.07) is 9.54. The summed E-state index contributed by atoms with van der Waals surface area (Å²) in [4.78, 5) is 27.9. The molecule has 9 heteroatoms. The fourth-order valence-electron chi connectivity index (χ4n) is 2.16. The molecule has 0 spiro atoms. The van der Waals surface area contributed by atoms with Crippen LogP contribution in [0.4, 0.5) is 0 Å². The lowest BCUT2D eigenvalue weighted by atomic mass is 10.2. The Balaban J connectivity index is 1.67. The van der Waals surface area contributed by atoms with Crippen LogP contribution in [0.2, 0.25) is 0 Å². The second-order valence-corrected chi connectivity index (χ2v) is 6.28. The molecule has 3 aromatic rings. The van der Waals surface area contributed by atoms with Crippen molar-refractivity contribution in [2.24, 2.45) is 5.10 Å². The number of carbonyl (C=O) groups is 2. The van der Waals surface area contributed by atoms with Crippen LogP contribution in [0.1, 0.15) is 26.5 Å². The van der Waals surface area contributed by atoms with Crippen LogP contribution < -0.4 is 14.9 Å². The second kappa shape index (κ2) is 8.96. The van der Waals surface area contributed by atoms with Crippen LogP contribution in [0.15, 0.2) is 69.0 Å². The van der Waals surface area contributed by atoms with Gasteiger partial charge in [0.1, 0.15) is 0 Å². The third kappa shape index (κ3) is 4.83. The maximum atomic E-state index is 12.0. The van der Waals surface area contributed by atoms with Gasteiger partial charge in [0.15, 0.2) is 11.5 Å². The molecule has 0 atom stereocenters. The number of halogens is 1. The number of amides is 1. The van der Waals surface area contributed by atoms with Gasteiger partial charge in [-0.3, -0.25) is 9.78 Å². The summed E-state index contributed by atoms with van der Waals surface area (Å²) in [7, 11) is 1.45. The van der Waals surface area contributed by atoms with Crippen molar-refractivity contribution in [1.29, 1.82) is 0 Å². The number of rotatable bonds is 6. The standard InChI is InChI=1S/C19H14BrN3O5/c1-26-17-7-12(4-5-15(17)28-19(25)16-3-2-6-27-16)9-22-23-18(24)13-8-14(20)11-21-10-13/h2-11H,1H3,(H,23,24)/b22-9+. The van der Waals surface area contributed by atoms with Crippen LogP contribution in [-0.4, -0.2) is 30.2 Å². The number of benzene rings is 1. The normalized spacial score (nSPS) is 10.6.